The van der Waals surface area contributed by atoms with Crippen LogP contribution in [0.25, 0.3) is 0 Å². The first-order chi connectivity index (χ1) is 17.2. The molecule has 0 radical (unpaired) electrons. The van der Waals surface area contributed by atoms with Gasteiger partial charge in [-0.2, -0.15) is 0 Å². The highest BCUT2D eigenvalue weighted by molar-refractivity contribution is 7.16. The molecule has 2 heterocycles. The summed E-state index contributed by atoms with van der Waals surface area (Å²) in [6, 6.07) is 14.2. The lowest BCUT2D eigenvalue weighted by Crippen LogP contribution is -2.38. The number of fused-ring (bicyclic) bond motifs is 3. The molecule has 1 aliphatic carbocycles. The molecule has 1 aromatic heterocycles. The Kier molecular flexibility index (Phi) is 6.51. The number of benzene rings is 2. The SMILES string of the molecule is CCOc1cc([C@H]2NC(=O)c3c(sc4c3CC[C@@H](C(C)(C)C)C4)N2)ccc1OC(=O)c1ccccc1. The molecule has 0 saturated heterocycles. The Morgan fingerprint density at radius 3 is 2.58 bits per heavy atom. The van der Waals surface area contributed by atoms with Crippen LogP contribution in [0.3, 0.4) is 0 Å². The monoisotopic (exact) mass is 504 g/mol. The van der Waals surface area contributed by atoms with E-state index in [-0.39, 0.29) is 11.3 Å². The Balaban J connectivity index is 1.38. The van der Waals surface area contributed by atoms with Gasteiger partial charge in [0.25, 0.3) is 5.91 Å². The van der Waals surface area contributed by atoms with E-state index in [0.717, 1.165) is 35.4 Å². The van der Waals surface area contributed by atoms with Crippen LogP contribution < -0.4 is 20.1 Å². The van der Waals surface area contributed by atoms with Gasteiger partial charge in [-0.3, -0.25) is 4.79 Å². The molecule has 0 spiro atoms. The van der Waals surface area contributed by atoms with Crippen molar-refractivity contribution in [2.75, 3.05) is 11.9 Å². The van der Waals surface area contributed by atoms with Crippen molar-refractivity contribution in [1.82, 2.24) is 5.32 Å². The Hall–Kier alpha value is -3.32. The summed E-state index contributed by atoms with van der Waals surface area (Å²) in [5, 5.41) is 7.58. The molecule has 0 unspecified atom stereocenters. The number of amides is 1. The Morgan fingerprint density at radius 1 is 1.08 bits per heavy atom. The molecule has 6 nitrogen and oxygen atoms in total. The number of nitrogens with one attached hydrogen (secondary N) is 2. The van der Waals surface area contributed by atoms with Gasteiger partial charge in [-0.25, -0.2) is 4.79 Å². The lowest BCUT2D eigenvalue weighted by atomic mass is 9.72. The molecule has 0 fully saturated rings. The van der Waals surface area contributed by atoms with E-state index in [1.165, 1.54) is 10.4 Å². The lowest BCUT2D eigenvalue weighted by molar-refractivity contribution is 0.0728. The number of thiophene rings is 1. The van der Waals surface area contributed by atoms with Crippen LogP contribution in [0.2, 0.25) is 0 Å². The van der Waals surface area contributed by atoms with E-state index in [2.05, 4.69) is 31.4 Å². The summed E-state index contributed by atoms with van der Waals surface area (Å²) in [7, 11) is 0. The van der Waals surface area contributed by atoms with Gasteiger partial charge >= 0.3 is 5.97 Å². The fourth-order valence-corrected chi connectivity index (χ4v) is 6.35. The number of esters is 1. The molecule has 1 amide bonds. The van der Waals surface area contributed by atoms with Crippen LogP contribution >= 0.6 is 11.3 Å². The van der Waals surface area contributed by atoms with Gasteiger partial charge in [0.05, 0.1) is 17.7 Å². The highest BCUT2D eigenvalue weighted by atomic mass is 32.1. The summed E-state index contributed by atoms with van der Waals surface area (Å²) >= 11 is 1.71. The van der Waals surface area contributed by atoms with Crippen LogP contribution in [0.5, 0.6) is 11.5 Å². The van der Waals surface area contributed by atoms with Gasteiger partial charge < -0.3 is 20.1 Å². The fourth-order valence-electron chi connectivity index (χ4n) is 4.99. The van der Waals surface area contributed by atoms with Crippen LogP contribution in [-0.4, -0.2) is 18.5 Å². The second-order valence-corrected chi connectivity index (χ2v) is 11.6. The van der Waals surface area contributed by atoms with Crippen LogP contribution in [0.4, 0.5) is 5.00 Å². The summed E-state index contributed by atoms with van der Waals surface area (Å²) in [5.74, 6) is 0.925. The minimum atomic E-state index is -0.448. The molecule has 0 saturated carbocycles. The molecule has 2 aromatic carbocycles. The van der Waals surface area contributed by atoms with Gasteiger partial charge in [0.1, 0.15) is 11.2 Å². The van der Waals surface area contributed by atoms with Gasteiger partial charge in [0.15, 0.2) is 11.5 Å². The van der Waals surface area contributed by atoms with Crippen molar-refractivity contribution in [2.45, 2.75) is 53.1 Å². The second kappa shape index (κ2) is 9.62. The summed E-state index contributed by atoms with van der Waals surface area (Å²) < 4.78 is 11.4. The number of rotatable bonds is 5. The zero-order valence-corrected chi connectivity index (χ0v) is 22.0. The van der Waals surface area contributed by atoms with Crippen molar-refractivity contribution in [1.29, 1.82) is 0 Å². The highest BCUT2D eigenvalue weighted by Crippen LogP contribution is 2.46. The number of ether oxygens (including phenoxy) is 2. The van der Waals surface area contributed by atoms with Crippen molar-refractivity contribution < 1.29 is 19.1 Å². The topological polar surface area (TPSA) is 76.7 Å². The summed E-state index contributed by atoms with van der Waals surface area (Å²) in [6.45, 7) is 9.19. The first-order valence-electron chi connectivity index (χ1n) is 12.5. The zero-order valence-electron chi connectivity index (χ0n) is 21.1. The summed E-state index contributed by atoms with van der Waals surface area (Å²) in [5.41, 5.74) is 3.56. The number of hydrogen-bond donors (Lipinski definition) is 2. The van der Waals surface area contributed by atoms with Gasteiger partial charge in [0, 0.05) is 4.88 Å². The maximum atomic E-state index is 13.2. The average Bonchev–Trinajstić information content (AvgIpc) is 3.23. The van der Waals surface area contributed by atoms with Crippen LogP contribution in [-0.2, 0) is 12.8 Å². The molecule has 3 aromatic rings. The Morgan fingerprint density at radius 2 is 1.86 bits per heavy atom. The standard InChI is InChI=1S/C29H32N2O4S/c1-5-34-22-15-18(11-14-21(22)35-28(33)17-9-7-6-8-10-17)25-30-26(32)24-20-13-12-19(29(2,3)4)16-23(20)36-27(24)31-25/h6-11,14-15,19,25,31H,5,12-13,16H2,1-4H3,(H,30,32)/t19-,25+/m1/s1. The number of hydrogen-bond acceptors (Lipinski definition) is 6. The number of carbonyl (C=O) groups excluding carboxylic acids is 2. The number of anilines is 1. The second-order valence-electron chi connectivity index (χ2n) is 10.5. The third-order valence-electron chi connectivity index (χ3n) is 7.08. The molecule has 7 heteroatoms. The molecular weight excluding hydrogens is 472 g/mol. The van der Waals surface area contributed by atoms with Crippen LogP contribution in [0.1, 0.15) is 77.0 Å². The molecule has 0 bridgehead atoms. The average molecular weight is 505 g/mol. The first kappa shape index (κ1) is 24.4. The third kappa shape index (κ3) is 4.72. The van der Waals surface area contributed by atoms with Gasteiger partial charge in [-0.05, 0) is 72.9 Å². The minimum absolute atomic E-state index is 0.0435. The maximum Gasteiger partial charge on any atom is 0.343 e. The molecule has 2 atom stereocenters. The normalized spacial score (nSPS) is 18.9. The number of carbonyl (C=O) groups is 2. The largest absolute Gasteiger partial charge is 0.490 e. The van der Waals surface area contributed by atoms with E-state index in [0.29, 0.717) is 29.6 Å². The Bertz CT molecular complexity index is 1290. The minimum Gasteiger partial charge on any atom is -0.490 e. The third-order valence-corrected chi connectivity index (χ3v) is 8.27. The smallest absolute Gasteiger partial charge is 0.343 e. The van der Waals surface area contributed by atoms with E-state index < -0.39 is 12.1 Å². The van der Waals surface area contributed by atoms with Crippen molar-refractivity contribution in [2.24, 2.45) is 11.3 Å². The van der Waals surface area contributed by atoms with E-state index in [1.54, 1.807) is 41.7 Å². The van der Waals surface area contributed by atoms with Gasteiger partial charge in [0.2, 0.25) is 0 Å². The highest BCUT2D eigenvalue weighted by Gasteiger charge is 2.36. The predicted molar refractivity (Wildman–Crippen MR) is 142 cm³/mol. The molecule has 5 rings (SSSR count). The molecule has 36 heavy (non-hydrogen) atoms. The fraction of sp³-hybridized carbons (Fsp3) is 0.379. The molecule has 188 valence electrons. The van der Waals surface area contributed by atoms with E-state index >= 15 is 0 Å². The lowest BCUT2D eigenvalue weighted by Gasteiger charge is -2.34. The zero-order chi connectivity index (χ0) is 25.4. The first-order valence-corrected chi connectivity index (χ1v) is 13.3. The summed E-state index contributed by atoms with van der Waals surface area (Å²) in [6.07, 6.45) is 2.67. The molecular formula is C29H32N2O4S. The molecule has 1 aliphatic heterocycles. The van der Waals surface area contributed by atoms with Crippen molar-refractivity contribution in [3.63, 3.8) is 0 Å². The van der Waals surface area contributed by atoms with Crippen molar-refractivity contribution in [3.05, 3.63) is 75.7 Å². The maximum absolute atomic E-state index is 13.2. The molecule has 2 N–H and O–H groups in total. The van der Waals surface area contributed by atoms with Crippen molar-refractivity contribution in [3.8, 4) is 11.5 Å². The van der Waals surface area contributed by atoms with Crippen LogP contribution in [0, 0.1) is 11.3 Å². The van der Waals surface area contributed by atoms with E-state index in [4.69, 9.17) is 9.47 Å². The molecule has 2 aliphatic rings. The quantitative estimate of drug-likeness (QED) is 0.312. The predicted octanol–water partition coefficient (Wildman–Crippen LogP) is 6.37. The van der Waals surface area contributed by atoms with Crippen LogP contribution in [0.15, 0.2) is 48.5 Å². The van der Waals surface area contributed by atoms with Crippen molar-refractivity contribution >= 4 is 28.2 Å². The Labute approximate surface area is 216 Å². The van der Waals surface area contributed by atoms with E-state index in [1.807, 2.05) is 25.1 Å². The summed E-state index contributed by atoms with van der Waals surface area (Å²) in [4.78, 5) is 27.1. The van der Waals surface area contributed by atoms with E-state index in [9.17, 15) is 9.59 Å². The van der Waals surface area contributed by atoms with Gasteiger partial charge in [-0.15, -0.1) is 11.3 Å². The van der Waals surface area contributed by atoms with Gasteiger partial charge in [-0.1, -0.05) is 45.0 Å².